The van der Waals surface area contributed by atoms with Crippen LogP contribution in [0.25, 0.3) is 0 Å². The maximum atomic E-state index is 11.6. The average Bonchev–Trinajstić information content (AvgIpc) is 2.27. The van der Waals surface area contributed by atoms with Gasteiger partial charge in [0.25, 0.3) is 0 Å². The van der Waals surface area contributed by atoms with Crippen molar-refractivity contribution >= 4 is 21.4 Å². The number of carbonyl (C=O) groups is 1. The van der Waals surface area contributed by atoms with Crippen LogP contribution in [0.4, 0.5) is 5.69 Å². The minimum atomic E-state index is -3.47. The molecule has 0 bridgehead atoms. The Balaban J connectivity index is 2.59. The van der Waals surface area contributed by atoms with Gasteiger partial charge in [-0.1, -0.05) is 0 Å². The van der Waals surface area contributed by atoms with Crippen LogP contribution in [0, 0.1) is 0 Å². The van der Waals surface area contributed by atoms with E-state index >= 15 is 0 Å². The van der Waals surface area contributed by atoms with Gasteiger partial charge in [0.15, 0.2) is 9.84 Å². The van der Waals surface area contributed by atoms with Crippen LogP contribution in [-0.2, 0) is 14.6 Å². The summed E-state index contributed by atoms with van der Waals surface area (Å²) in [5.74, 6) is -0.697. The Morgan fingerprint density at radius 1 is 1.37 bits per heavy atom. The Labute approximate surface area is 112 Å². The van der Waals surface area contributed by atoms with Crippen LogP contribution in [0.15, 0.2) is 24.3 Å². The van der Waals surface area contributed by atoms with Crippen molar-refractivity contribution in [1.82, 2.24) is 0 Å². The zero-order valence-corrected chi connectivity index (χ0v) is 11.7. The minimum absolute atomic E-state index is 0.205. The molecule has 0 aliphatic heterocycles. The lowest BCUT2D eigenvalue weighted by Crippen LogP contribution is -2.32. The molecule has 106 valence electrons. The third kappa shape index (κ3) is 5.71. The second-order valence-corrected chi connectivity index (χ2v) is 6.42. The topological polar surface area (TPSA) is 98.5 Å². The van der Waals surface area contributed by atoms with E-state index in [0.29, 0.717) is 11.4 Å². The maximum absolute atomic E-state index is 11.6. The molecule has 0 aromatic heterocycles. The summed E-state index contributed by atoms with van der Waals surface area (Å²) >= 11 is 0. The van der Waals surface area contributed by atoms with Crippen LogP contribution in [-0.4, -0.2) is 39.0 Å². The summed E-state index contributed by atoms with van der Waals surface area (Å²) in [5.41, 5.74) is 5.93. The van der Waals surface area contributed by atoms with Crippen molar-refractivity contribution in [2.45, 2.75) is 13.0 Å². The van der Waals surface area contributed by atoms with Gasteiger partial charge in [0.2, 0.25) is 5.91 Å². The van der Waals surface area contributed by atoms with E-state index in [2.05, 4.69) is 5.32 Å². The van der Waals surface area contributed by atoms with Crippen LogP contribution < -0.4 is 15.8 Å². The van der Waals surface area contributed by atoms with Crippen molar-refractivity contribution in [1.29, 1.82) is 0 Å². The highest BCUT2D eigenvalue weighted by Gasteiger charge is 2.18. The predicted octanol–water partition coefficient (Wildman–Crippen LogP) is 0.396. The number of amides is 1. The highest BCUT2D eigenvalue weighted by atomic mass is 32.2. The Kier molecular flexibility index (Phi) is 5.31. The van der Waals surface area contributed by atoms with E-state index in [1.165, 1.54) is 7.11 Å². The number of hydrogen-bond donors (Lipinski definition) is 2. The molecule has 0 aliphatic carbocycles. The first kappa shape index (κ1) is 15.5. The minimum Gasteiger partial charge on any atom is -0.497 e. The smallest absolute Gasteiger partial charge is 0.239 e. The number of nitrogens with two attached hydrogens (primary N) is 1. The molecule has 0 saturated heterocycles. The molecule has 6 nitrogen and oxygen atoms in total. The number of rotatable bonds is 6. The molecule has 19 heavy (non-hydrogen) atoms. The first-order valence-corrected chi connectivity index (χ1v) is 7.54. The van der Waals surface area contributed by atoms with Gasteiger partial charge in [-0.25, -0.2) is 8.42 Å². The van der Waals surface area contributed by atoms with E-state index < -0.39 is 27.5 Å². The molecule has 1 unspecified atom stereocenters. The SMILES string of the molecule is COc1ccc(NC(=O)CS(=O)(=O)CC(C)N)cc1. The van der Waals surface area contributed by atoms with E-state index in [0.717, 1.165) is 0 Å². The van der Waals surface area contributed by atoms with Crippen LogP contribution in [0.3, 0.4) is 0 Å². The van der Waals surface area contributed by atoms with E-state index in [-0.39, 0.29) is 5.75 Å². The molecule has 1 amide bonds. The second kappa shape index (κ2) is 6.53. The Morgan fingerprint density at radius 2 is 1.95 bits per heavy atom. The molecule has 0 spiro atoms. The largest absolute Gasteiger partial charge is 0.497 e. The third-order valence-electron chi connectivity index (χ3n) is 2.24. The van der Waals surface area contributed by atoms with Crippen LogP contribution >= 0.6 is 0 Å². The fourth-order valence-electron chi connectivity index (χ4n) is 1.53. The van der Waals surface area contributed by atoms with Gasteiger partial charge in [0.05, 0.1) is 12.9 Å². The van der Waals surface area contributed by atoms with E-state index in [1.54, 1.807) is 31.2 Å². The number of benzene rings is 1. The molecule has 1 aromatic carbocycles. The lowest BCUT2D eigenvalue weighted by molar-refractivity contribution is -0.113. The lowest BCUT2D eigenvalue weighted by atomic mass is 10.3. The van der Waals surface area contributed by atoms with E-state index in [4.69, 9.17) is 10.5 Å². The third-order valence-corrected chi connectivity index (χ3v) is 3.98. The number of methoxy groups -OCH3 is 1. The second-order valence-electron chi connectivity index (χ2n) is 4.31. The van der Waals surface area contributed by atoms with Crippen molar-refractivity contribution in [3.05, 3.63) is 24.3 Å². The molecule has 0 radical (unpaired) electrons. The first-order chi connectivity index (χ1) is 8.82. The molecule has 1 atom stereocenters. The van der Waals surface area contributed by atoms with Crippen molar-refractivity contribution in [2.75, 3.05) is 23.9 Å². The van der Waals surface area contributed by atoms with Gasteiger partial charge in [-0.05, 0) is 31.2 Å². The maximum Gasteiger partial charge on any atom is 0.239 e. The number of hydrogen-bond acceptors (Lipinski definition) is 5. The molecule has 0 heterocycles. The summed E-state index contributed by atoms with van der Waals surface area (Å²) in [4.78, 5) is 11.6. The highest BCUT2D eigenvalue weighted by molar-refractivity contribution is 7.92. The zero-order valence-electron chi connectivity index (χ0n) is 10.9. The Bertz CT molecular complexity index is 523. The normalized spacial score (nSPS) is 12.8. The van der Waals surface area contributed by atoms with Gasteiger partial charge < -0.3 is 15.8 Å². The quantitative estimate of drug-likeness (QED) is 0.788. The van der Waals surface area contributed by atoms with E-state index in [9.17, 15) is 13.2 Å². The fraction of sp³-hybridized carbons (Fsp3) is 0.417. The number of nitrogens with one attached hydrogen (secondary N) is 1. The van der Waals surface area contributed by atoms with Crippen molar-refractivity contribution in [3.8, 4) is 5.75 Å². The monoisotopic (exact) mass is 286 g/mol. The van der Waals surface area contributed by atoms with Crippen molar-refractivity contribution in [3.63, 3.8) is 0 Å². The number of ether oxygens (including phenoxy) is 1. The van der Waals surface area contributed by atoms with Crippen LogP contribution in [0.2, 0.25) is 0 Å². The molecule has 0 saturated carbocycles. The molecule has 3 N–H and O–H groups in total. The Hall–Kier alpha value is -1.60. The predicted molar refractivity (Wildman–Crippen MR) is 73.9 cm³/mol. The molecular formula is C12H18N2O4S. The molecule has 0 aliphatic rings. The number of anilines is 1. The zero-order chi connectivity index (χ0) is 14.5. The van der Waals surface area contributed by atoms with E-state index in [1.807, 2.05) is 0 Å². The fourth-order valence-corrected chi connectivity index (χ4v) is 2.92. The summed E-state index contributed by atoms with van der Waals surface area (Å²) in [5, 5.41) is 2.51. The van der Waals surface area contributed by atoms with Gasteiger partial charge >= 0.3 is 0 Å². The van der Waals surface area contributed by atoms with Gasteiger partial charge in [-0.2, -0.15) is 0 Å². The standard InChI is InChI=1S/C12H18N2O4S/c1-9(13)7-19(16,17)8-12(15)14-10-3-5-11(18-2)6-4-10/h3-6,9H,7-8,13H2,1-2H3,(H,14,15). The van der Waals surface area contributed by atoms with Crippen molar-refractivity contribution < 1.29 is 17.9 Å². The average molecular weight is 286 g/mol. The van der Waals surface area contributed by atoms with Gasteiger partial charge in [0.1, 0.15) is 11.5 Å². The molecular weight excluding hydrogens is 268 g/mol. The number of sulfone groups is 1. The lowest BCUT2D eigenvalue weighted by Gasteiger charge is -2.08. The summed E-state index contributed by atoms with van der Waals surface area (Å²) in [6.45, 7) is 1.58. The molecule has 0 fully saturated rings. The molecule has 1 rings (SSSR count). The molecule has 7 heteroatoms. The highest BCUT2D eigenvalue weighted by Crippen LogP contribution is 2.14. The number of carbonyl (C=O) groups excluding carboxylic acids is 1. The molecule has 1 aromatic rings. The van der Waals surface area contributed by atoms with Crippen molar-refractivity contribution in [2.24, 2.45) is 5.73 Å². The van der Waals surface area contributed by atoms with Gasteiger partial charge in [0, 0.05) is 11.7 Å². The van der Waals surface area contributed by atoms with Gasteiger partial charge in [-0.15, -0.1) is 0 Å². The summed E-state index contributed by atoms with van der Waals surface area (Å²) in [7, 11) is -1.94. The summed E-state index contributed by atoms with van der Waals surface area (Å²) < 4.78 is 28.1. The van der Waals surface area contributed by atoms with Crippen LogP contribution in [0.5, 0.6) is 5.75 Å². The summed E-state index contributed by atoms with van der Waals surface area (Å²) in [6, 6.07) is 6.13. The summed E-state index contributed by atoms with van der Waals surface area (Å²) in [6.07, 6.45) is 0. The van der Waals surface area contributed by atoms with Crippen LogP contribution in [0.1, 0.15) is 6.92 Å². The Morgan fingerprint density at radius 3 is 2.42 bits per heavy atom. The first-order valence-electron chi connectivity index (χ1n) is 5.72. The van der Waals surface area contributed by atoms with Gasteiger partial charge in [-0.3, -0.25) is 4.79 Å².